The Labute approximate surface area is 129 Å². The van der Waals surface area contributed by atoms with Crippen molar-refractivity contribution in [2.75, 3.05) is 36.1 Å². The number of nitrogens with one attached hydrogen (secondary N) is 1. The van der Waals surface area contributed by atoms with Gasteiger partial charge in [-0.15, -0.1) is 0 Å². The Kier molecular flexibility index (Phi) is 5.28. The molecule has 2 aromatic carbocycles. The van der Waals surface area contributed by atoms with E-state index >= 15 is 0 Å². The lowest BCUT2D eigenvalue weighted by atomic mass is 10.2. The van der Waals surface area contributed by atoms with Gasteiger partial charge in [-0.05, 0) is 24.6 Å². The Morgan fingerprint density at radius 2 is 1.95 bits per heavy atom. The summed E-state index contributed by atoms with van der Waals surface area (Å²) < 4.78 is 13.2. The number of nitrogen functional groups attached to an aromatic ring is 1. The lowest BCUT2D eigenvalue weighted by Gasteiger charge is -2.19. The SMILES string of the molecule is CN(CCCNc1cc(Cl)c(F)cc1N)c1ccccc1. The van der Waals surface area contributed by atoms with E-state index in [9.17, 15) is 4.39 Å². The second-order valence-corrected chi connectivity index (χ2v) is 5.30. The van der Waals surface area contributed by atoms with Crippen LogP contribution in [0.25, 0.3) is 0 Å². The van der Waals surface area contributed by atoms with Gasteiger partial charge in [0.25, 0.3) is 0 Å². The quantitative estimate of drug-likeness (QED) is 0.626. The number of halogens is 2. The third-order valence-corrected chi connectivity index (χ3v) is 3.56. The molecule has 3 nitrogen and oxygen atoms in total. The van der Waals surface area contributed by atoms with Crippen LogP contribution < -0.4 is 16.0 Å². The number of hydrogen-bond acceptors (Lipinski definition) is 3. The lowest BCUT2D eigenvalue weighted by Crippen LogP contribution is -2.20. The smallest absolute Gasteiger partial charge is 0.143 e. The van der Waals surface area contributed by atoms with Crippen molar-refractivity contribution in [1.82, 2.24) is 0 Å². The van der Waals surface area contributed by atoms with Crippen LogP contribution in [0.1, 0.15) is 6.42 Å². The molecule has 0 aliphatic carbocycles. The van der Waals surface area contributed by atoms with Crippen LogP contribution in [0.2, 0.25) is 5.02 Å². The van der Waals surface area contributed by atoms with Crippen LogP contribution in [0.3, 0.4) is 0 Å². The summed E-state index contributed by atoms with van der Waals surface area (Å²) in [4.78, 5) is 2.18. The standard InChI is InChI=1S/C16H19ClFN3/c1-21(12-6-3-2-4-7-12)9-5-8-20-16-10-13(17)14(18)11-15(16)19/h2-4,6-7,10-11,20H,5,8-9,19H2,1H3. The zero-order valence-electron chi connectivity index (χ0n) is 11.9. The van der Waals surface area contributed by atoms with E-state index in [0.717, 1.165) is 19.5 Å². The predicted octanol–water partition coefficient (Wildman–Crippen LogP) is 4.00. The molecule has 0 aliphatic heterocycles. The molecule has 0 aromatic heterocycles. The first-order chi connectivity index (χ1) is 10.1. The number of rotatable bonds is 6. The Hall–Kier alpha value is -1.94. The molecule has 0 aliphatic rings. The van der Waals surface area contributed by atoms with Gasteiger partial charge in [0.2, 0.25) is 0 Å². The van der Waals surface area contributed by atoms with E-state index in [-0.39, 0.29) is 5.02 Å². The van der Waals surface area contributed by atoms with Crippen LogP contribution in [0.5, 0.6) is 0 Å². The molecule has 0 spiro atoms. The molecule has 2 rings (SSSR count). The highest BCUT2D eigenvalue weighted by Crippen LogP contribution is 2.26. The van der Waals surface area contributed by atoms with Gasteiger partial charge in [0.05, 0.1) is 16.4 Å². The van der Waals surface area contributed by atoms with Crippen LogP contribution in [0, 0.1) is 5.82 Å². The van der Waals surface area contributed by atoms with Crippen molar-refractivity contribution >= 4 is 28.7 Å². The van der Waals surface area contributed by atoms with E-state index in [2.05, 4.69) is 29.4 Å². The normalized spacial score (nSPS) is 10.4. The van der Waals surface area contributed by atoms with E-state index in [4.69, 9.17) is 17.3 Å². The number of para-hydroxylation sites is 1. The molecule has 0 saturated heterocycles. The highest BCUT2D eigenvalue weighted by molar-refractivity contribution is 6.31. The second kappa shape index (κ2) is 7.18. The molecule has 2 aromatic rings. The average molecular weight is 308 g/mol. The average Bonchev–Trinajstić information content (AvgIpc) is 2.49. The lowest BCUT2D eigenvalue weighted by molar-refractivity contribution is 0.629. The fourth-order valence-electron chi connectivity index (χ4n) is 2.07. The molecule has 5 heteroatoms. The van der Waals surface area contributed by atoms with Crippen LogP contribution in [-0.4, -0.2) is 20.1 Å². The van der Waals surface area contributed by atoms with Gasteiger partial charge < -0.3 is 16.0 Å². The van der Waals surface area contributed by atoms with Crippen LogP contribution in [-0.2, 0) is 0 Å². The third kappa shape index (κ3) is 4.26. The van der Waals surface area contributed by atoms with Crippen LogP contribution >= 0.6 is 11.6 Å². The van der Waals surface area contributed by atoms with Crippen molar-refractivity contribution in [3.05, 3.63) is 53.3 Å². The number of nitrogens with two attached hydrogens (primary N) is 1. The fraction of sp³-hybridized carbons (Fsp3) is 0.250. The summed E-state index contributed by atoms with van der Waals surface area (Å²) in [5, 5.41) is 3.26. The largest absolute Gasteiger partial charge is 0.397 e. The summed E-state index contributed by atoms with van der Waals surface area (Å²) in [5.41, 5.74) is 7.97. The van der Waals surface area contributed by atoms with E-state index in [1.54, 1.807) is 0 Å². The van der Waals surface area contributed by atoms with Gasteiger partial charge in [0, 0.05) is 31.9 Å². The van der Waals surface area contributed by atoms with Gasteiger partial charge >= 0.3 is 0 Å². The summed E-state index contributed by atoms with van der Waals surface area (Å²) in [5.74, 6) is -0.497. The zero-order valence-corrected chi connectivity index (χ0v) is 12.7. The molecular formula is C16H19ClFN3. The molecule has 0 heterocycles. The Bertz CT molecular complexity index is 590. The van der Waals surface area contributed by atoms with Crippen molar-refractivity contribution in [3.8, 4) is 0 Å². The first kappa shape index (κ1) is 15.4. The summed E-state index contributed by atoms with van der Waals surface area (Å²) >= 11 is 5.75. The van der Waals surface area contributed by atoms with Crippen molar-refractivity contribution in [1.29, 1.82) is 0 Å². The van der Waals surface area contributed by atoms with Crippen molar-refractivity contribution in [3.63, 3.8) is 0 Å². The Balaban J connectivity index is 1.81. The topological polar surface area (TPSA) is 41.3 Å². The van der Waals surface area contributed by atoms with Gasteiger partial charge in [-0.2, -0.15) is 0 Å². The molecule has 0 atom stereocenters. The summed E-state index contributed by atoms with van der Waals surface area (Å²) in [7, 11) is 2.05. The van der Waals surface area contributed by atoms with Gasteiger partial charge in [-0.25, -0.2) is 4.39 Å². The number of anilines is 3. The van der Waals surface area contributed by atoms with Crippen LogP contribution in [0.4, 0.5) is 21.5 Å². The summed E-state index contributed by atoms with van der Waals surface area (Å²) in [6, 6.07) is 12.9. The molecular weight excluding hydrogens is 289 g/mol. The molecule has 0 saturated carbocycles. The molecule has 0 bridgehead atoms. The maximum atomic E-state index is 13.2. The van der Waals surface area contributed by atoms with Gasteiger partial charge in [0.15, 0.2) is 0 Å². The minimum atomic E-state index is -0.497. The second-order valence-electron chi connectivity index (χ2n) is 4.89. The first-order valence-corrected chi connectivity index (χ1v) is 7.20. The van der Waals surface area contributed by atoms with E-state index < -0.39 is 5.82 Å². The molecule has 21 heavy (non-hydrogen) atoms. The van der Waals surface area contributed by atoms with E-state index in [1.807, 2.05) is 18.2 Å². The van der Waals surface area contributed by atoms with Crippen molar-refractivity contribution in [2.45, 2.75) is 6.42 Å². The highest BCUT2D eigenvalue weighted by Gasteiger charge is 2.06. The monoisotopic (exact) mass is 307 g/mol. The molecule has 0 amide bonds. The maximum absolute atomic E-state index is 13.2. The number of nitrogens with zero attached hydrogens (tertiary/aromatic N) is 1. The van der Waals surface area contributed by atoms with Crippen molar-refractivity contribution < 1.29 is 4.39 Å². The van der Waals surface area contributed by atoms with Gasteiger partial charge in [-0.1, -0.05) is 29.8 Å². The number of hydrogen-bond donors (Lipinski definition) is 2. The van der Waals surface area contributed by atoms with E-state index in [0.29, 0.717) is 11.4 Å². The zero-order chi connectivity index (χ0) is 15.2. The fourth-order valence-corrected chi connectivity index (χ4v) is 2.23. The predicted molar refractivity (Wildman–Crippen MR) is 88.6 cm³/mol. The first-order valence-electron chi connectivity index (χ1n) is 6.82. The van der Waals surface area contributed by atoms with Gasteiger partial charge in [-0.3, -0.25) is 0 Å². The molecule has 0 radical (unpaired) electrons. The minimum Gasteiger partial charge on any atom is -0.397 e. The summed E-state index contributed by atoms with van der Waals surface area (Å²) in [6.45, 7) is 1.65. The third-order valence-electron chi connectivity index (χ3n) is 3.28. The number of benzene rings is 2. The van der Waals surface area contributed by atoms with Crippen molar-refractivity contribution in [2.24, 2.45) is 0 Å². The Morgan fingerprint density at radius 3 is 2.67 bits per heavy atom. The minimum absolute atomic E-state index is 0.0769. The molecule has 0 fully saturated rings. The summed E-state index contributed by atoms with van der Waals surface area (Å²) in [6.07, 6.45) is 0.930. The molecule has 3 N–H and O–H groups in total. The van der Waals surface area contributed by atoms with E-state index in [1.165, 1.54) is 17.8 Å². The molecule has 0 unspecified atom stereocenters. The maximum Gasteiger partial charge on any atom is 0.143 e. The highest BCUT2D eigenvalue weighted by atomic mass is 35.5. The molecule has 112 valence electrons. The van der Waals surface area contributed by atoms with Gasteiger partial charge in [0.1, 0.15) is 5.82 Å². The van der Waals surface area contributed by atoms with Crippen LogP contribution in [0.15, 0.2) is 42.5 Å². The Morgan fingerprint density at radius 1 is 1.24 bits per heavy atom.